The van der Waals surface area contributed by atoms with Crippen LogP contribution in [-0.4, -0.2) is 34.1 Å². The zero-order chi connectivity index (χ0) is 36.3. The third-order valence-corrected chi connectivity index (χ3v) is 10.5. The second-order valence-corrected chi connectivity index (χ2v) is 13.7. The molecule has 11 rings (SSSR count). The van der Waals surface area contributed by atoms with Gasteiger partial charge in [0.15, 0.2) is 5.82 Å². The van der Waals surface area contributed by atoms with Crippen molar-refractivity contribution in [2.24, 2.45) is 0 Å². The van der Waals surface area contributed by atoms with Gasteiger partial charge in [-0.2, -0.15) is 10.2 Å². The van der Waals surface area contributed by atoms with Gasteiger partial charge < -0.3 is 4.57 Å². The van der Waals surface area contributed by atoms with Crippen LogP contribution < -0.4 is 0 Å². The molecule has 0 saturated carbocycles. The topological polar surface area (TPSA) is 66.3 Å². The van der Waals surface area contributed by atoms with E-state index in [1.165, 1.54) is 10.8 Å². The number of benzene rings is 7. The Bertz CT molecular complexity index is 3180. The summed E-state index contributed by atoms with van der Waals surface area (Å²) in [6.45, 7) is 0. The molecule has 0 unspecified atom stereocenters. The van der Waals surface area contributed by atoms with Gasteiger partial charge in [0.25, 0.3) is 0 Å². The van der Waals surface area contributed by atoms with E-state index in [4.69, 9.17) is 20.2 Å². The first-order valence-corrected chi connectivity index (χ1v) is 18.3. The monoisotopic (exact) mass is 705 g/mol. The highest BCUT2D eigenvalue weighted by Crippen LogP contribution is 2.39. The van der Waals surface area contributed by atoms with E-state index < -0.39 is 0 Å². The van der Waals surface area contributed by atoms with Gasteiger partial charge in [-0.3, -0.25) is 4.98 Å². The molecule has 4 aromatic heterocycles. The second kappa shape index (κ2) is 12.5. The van der Waals surface area contributed by atoms with Gasteiger partial charge in [0.05, 0.1) is 57.7 Å². The van der Waals surface area contributed by atoms with Crippen molar-refractivity contribution in [1.29, 1.82) is 0 Å². The van der Waals surface area contributed by atoms with Crippen molar-refractivity contribution >= 4 is 43.6 Å². The van der Waals surface area contributed by atoms with Gasteiger partial charge in [0.2, 0.25) is 0 Å². The van der Waals surface area contributed by atoms with Crippen LogP contribution in [0.2, 0.25) is 0 Å². The smallest absolute Gasteiger partial charge is 0.173 e. The number of aromatic nitrogens is 7. The van der Waals surface area contributed by atoms with Crippen LogP contribution in [0.3, 0.4) is 0 Å². The number of rotatable bonds is 6. The van der Waals surface area contributed by atoms with E-state index >= 15 is 0 Å². The van der Waals surface area contributed by atoms with Crippen LogP contribution in [0.4, 0.5) is 0 Å². The fourth-order valence-corrected chi connectivity index (χ4v) is 7.89. The van der Waals surface area contributed by atoms with Gasteiger partial charge in [-0.05, 0) is 71.8 Å². The molecule has 0 radical (unpaired) electrons. The van der Waals surface area contributed by atoms with Crippen molar-refractivity contribution in [1.82, 2.24) is 34.1 Å². The van der Waals surface area contributed by atoms with Gasteiger partial charge in [-0.15, -0.1) is 0 Å². The van der Waals surface area contributed by atoms with Crippen LogP contribution in [0.15, 0.2) is 188 Å². The number of fused-ring (bicyclic) bond motifs is 6. The Morgan fingerprint density at radius 3 is 1.71 bits per heavy atom. The van der Waals surface area contributed by atoms with Crippen molar-refractivity contribution in [2.45, 2.75) is 0 Å². The molecule has 7 nitrogen and oxygen atoms in total. The average Bonchev–Trinajstić information content (AvgIpc) is 3.98. The van der Waals surface area contributed by atoms with Crippen molar-refractivity contribution in [3.63, 3.8) is 0 Å². The highest BCUT2D eigenvalue weighted by Gasteiger charge is 2.19. The summed E-state index contributed by atoms with van der Waals surface area (Å²) < 4.78 is 6.27. The number of hydrogen-bond acceptors (Lipinski definition) is 4. The molecule has 0 amide bonds. The summed E-state index contributed by atoms with van der Waals surface area (Å²) in [5.41, 5.74) is 12.4. The lowest BCUT2D eigenvalue weighted by molar-refractivity contribution is 0.867. The van der Waals surface area contributed by atoms with E-state index in [-0.39, 0.29) is 0 Å². The predicted octanol–water partition coefficient (Wildman–Crippen LogP) is 11.3. The molecule has 0 bridgehead atoms. The minimum atomic E-state index is 0.665. The van der Waals surface area contributed by atoms with Gasteiger partial charge >= 0.3 is 0 Å². The first kappa shape index (κ1) is 30.9. The Morgan fingerprint density at radius 2 is 0.982 bits per heavy atom. The normalized spacial score (nSPS) is 11.6. The van der Waals surface area contributed by atoms with Crippen LogP contribution in [0, 0.1) is 0 Å². The van der Waals surface area contributed by atoms with E-state index in [9.17, 15) is 0 Å². The molecular weight excluding hydrogens is 675 g/mol. The molecule has 0 aliphatic heterocycles. The Kier molecular flexibility index (Phi) is 7.03. The second-order valence-electron chi connectivity index (χ2n) is 13.7. The van der Waals surface area contributed by atoms with Crippen LogP contribution >= 0.6 is 0 Å². The lowest BCUT2D eigenvalue weighted by atomic mass is 10.0. The van der Waals surface area contributed by atoms with Gasteiger partial charge in [0.1, 0.15) is 0 Å². The molecule has 0 fully saturated rings. The van der Waals surface area contributed by atoms with Crippen molar-refractivity contribution in [3.8, 4) is 50.8 Å². The van der Waals surface area contributed by atoms with E-state index in [0.717, 1.165) is 77.9 Å². The Labute approximate surface area is 316 Å². The molecule has 0 atom stereocenters. The van der Waals surface area contributed by atoms with E-state index in [1.54, 1.807) is 0 Å². The van der Waals surface area contributed by atoms with E-state index in [0.29, 0.717) is 5.82 Å². The molecule has 0 aliphatic carbocycles. The third kappa shape index (κ3) is 5.05. The third-order valence-electron chi connectivity index (χ3n) is 10.5. The van der Waals surface area contributed by atoms with Crippen molar-refractivity contribution in [3.05, 3.63) is 188 Å². The van der Waals surface area contributed by atoms with Crippen molar-refractivity contribution in [2.75, 3.05) is 0 Å². The summed E-state index contributed by atoms with van der Waals surface area (Å²) >= 11 is 0. The van der Waals surface area contributed by atoms with Crippen LogP contribution in [0.25, 0.3) is 94.4 Å². The fourth-order valence-electron chi connectivity index (χ4n) is 7.89. The molecule has 11 aromatic rings. The first-order chi connectivity index (χ1) is 27.3. The molecule has 0 saturated heterocycles. The highest BCUT2D eigenvalue weighted by molar-refractivity contribution is 6.19. The molecule has 4 heterocycles. The number of hydrogen-bond donors (Lipinski definition) is 0. The highest BCUT2D eigenvalue weighted by atomic mass is 15.3. The minimum Gasteiger partial charge on any atom is -0.309 e. The van der Waals surface area contributed by atoms with Gasteiger partial charge in [-0.25, -0.2) is 14.3 Å². The summed E-state index contributed by atoms with van der Waals surface area (Å²) in [5, 5.41) is 14.2. The van der Waals surface area contributed by atoms with E-state index in [2.05, 4.69) is 120 Å². The molecule has 0 N–H and O–H groups in total. The lowest BCUT2D eigenvalue weighted by Gasteiger charge is -2.11. The maximum atomic E-state index is 5.15. The van der Waals surface area contributed by atoms with Crippen molar-refractivity contribution < 1.29 is 0 Å². The molecule has 0 spiro atoms. The zero-order valence-electron chi connectivity index (χ0n) is 29.5. The zero-order valence-corrected chi connectivity index (χ0v) is 29.5. The largest absolute Gasteiger partial charge is 0.309 e. The molecular formula is C48H31N7. The Balaban J connectivity index is 1.03. The quantitative estimate of drug-likeness (QED) is 0.173. The summed E-state index contributed by atoms with van der Waals surface area (Å²) in [6, 6.07) is 59.0. The molecule has 7 aromatic carbocycles. The molecule has 258 valence electrons. The first-order valence-electron chi connectivity index (χ1n) is 18.3. The van der Waals surface area contributed by atoms with Crippen LogP contribution in [0.1, 0.15) is 0 Å². The van der Waals surface area contributed by atoms with Crippen LogP contribution in [-0.2, 0) is 0 Å². The average molecular weight is 706 g/mol. The maximum absolute atomic E-state index is 5.15. The number of nitrogens with zero attached hydrogens (tertiary/aromatic N) is 7. The number of para-hydroxylation sites is 2. The lowest BCUT2D eigenvalue weighted by Crippen LogP contribution is -2.03. The van der Waals surface area contributed by atoms with Gasteiger partial charge in [-0.1, -0.05) is 109 Å². The SMILES string of the molecule is c1ccc(-c2ncc(-n3ncc4cc(-c5ccc6c(c5)c5ccc7c(cnn7-c7ccccc7)c5n6-c5ccccc5)ccc43)nc2-c2ccccc2)cc1. The Hall–Kier alpha value is -7.64. The molecule has 55 heavy (non-hydrogen) atoms. The predicted molar refractivity (Wildman–Crippen MR) is 222 cm³/mol. The summed E-state index contributed by atoms with van der Waals surface area (Å²) in [5.74, 6) is 0.665. The summed E-state index contributed by atoms with van der Waals surface area (Å²) in [7, 11) is 0. The molecule has 0 aliphatic rings. The minimum absolute atomic E-state index is 0.665. The molecule has 7 heteroatoms. The maximum Gasteiger partial charge on any atom is 0.173 e. The fraction of sp³-hybridized carbons (Fsp3) is 0. The summed E-state index contributed by atoms with van der Waals surface area (Å²) in [4.78, 5) is 10.1. The van der Waals surface area contributed by atoms with Crippen LogP contribution in [0.5, 0.6) is 0 Å². The standard InChI is InChI=1S/C48H31N7/c1-5-13-32(14-6-1)46-47(33-15-7-2-8-16-33)52-45(31-49-46)55-42-24-21-34(27-36(42)29-50-55)35-22-25-43-40(28-35)39-23-26-44-41(30-51-54(44)38-19-11-4-12-20-38)48(39)53(43)37-17-9-3-10-18-37/h1-31H. The summed E-state index contributed by atoms with van der Waals surface area (Å²) in [6.07, 6.45) is 5.72. The Morgan fingerprint density at radius 1 is 0.382 bits per heavy atom. The van der Waals surface area contributed by atoms with E-state index in [1.807, 2.05) is 82.6 Å². The van der Waals surface area contributed by atoms with Gasteiger partial charge in [0, 0.05) is 38.4 Å².